The predicted molar refractivity (Wildman–Crippen MR) is 103 cm³/mol. The van der Waals surface area contributed by atoms with Gasteiger partial charge in [0.2, 0.25) is 0 Å². The van der Waals surface area contributed by atoms with Crippen molar-refractivity contribution >= 4 is 34.2 Å². The molecule has 27 heavy (non-hydrogen) atoms. The van der Waals surface area contributed by atoms with E-state index in [4.69, 9.17) is 17.3 Å². The molecule has 2 N–H and O–H groups in total. The number of carbonyl (C=O) groups is 1. The molecule has 0 atom stereocenters. The SMILES string of the molecule is CC(C)C(N)=NC(=O)c1ccc2nccc(-c3c(F)cc(F)cc3Cl)c2c1. The molecule has 1 amide bonds. The molecule has 0 aliphatic heterocycles. The summed E-state index contributed by atoms with van der Waals surface area (Å²) in [5.41, 5.74) is 7.01. The van der Waals surface area contributed by atoms with Crippen molar-refractivity contribution in [1.82, 2.24) is 4.98 Å². The lowest BCUT2D eigenvalue weighted by Crippen LogP contribution is -2.20. The molecular formula is C20H16ClF2N3O. The molecule has 0 fully saturated rings. The van der Waals surface area contributed by atoms with Crippen LogP contribution in [0, 0.1) is 17.6 Å². The highest BCUT2D eigenvalue weighted by molar-refractivity contribution is 6.33. The lowest BCUT2D eigenvalue weighted by molar-refractivity contribution is 0.100. The van der Waals surface area contributed by atoms with E-state index in [9.17, 15) is 13.6 Å². The summed E-state index contributed by atoms with van der Waals surface area (Å²) in [6, 6.07) is 8.11. The van der Waals surface area contributed by atoms with E-state index in [0.717, 1.165) is 12.1 Å². The Morgan fingerprint density at radius 1 is 1.19 bits per heavy atom. The molecule has 0 spiro atoms. The second-order valence-electron chi connectivity index (χ2n) is 6.33. The van der Waals surface area contributed by atoms with Gasteiger partial charge in [-0.3, -0.25) is 9.78 Å². The number of rotatable bonds is 3. The summed E-state index contributed by atoms with van der Waals surface area (Å²) in [6.07, 6.45) is 1.49. The van der Waals surface area contributed by atoms with Crippen molar-refractivity contribution in [1.29, 1.82) is 0 Å². The Morgan fingerprint density at radius 2 is 1.93 bits per heavy atom. The van der Waals surface area contributed by atoms with Crippen LogP contribution in [0.5, 0.6) is 0 Å². The van der Waals surface area contributed by atoms with Crippen LogP contribution in [0.4, 0.5) is 8.78 Å². The van der Waals surface area contributed by atoms with Gasteiger partial charge in [-0.15, -0.1) is 0 Å². The molecule has 0 aliphatic rings. The average molecular weight is 388 g/mol. The minimum absolute atomic E-state index is 0.0419. The van der Waals surface area contributed by atoms with Gasteiger partial charge in [-0.2, -0.15) is 4.99 Å². The number of halogens is 3. The number of hydrogen-bond donors (Lipinski definition) is 1. The van der Waals surface area contributed by atoms with Crippen LogP contribution in [-0.2, 0) is 0 Å². The van der Waals surface area contributed by atoms with Crippen molar-refractivity contribution in [3.05, 3.63) is 64.8 Å². The first-order chi connectivity index (χ1) is 12.8. The van der Waals surface area contributed by atoms with Gasteiger partial charge in [-0.1, -0.05) is 25.4 Å². The van der Waals surface area contributed by atoms with Gasteiger partial charge in [-0.25, -0.2) is 8.78 Å². The van der Waals surface area contributed by atoms with Gasteiger partial charge in [0, 0.05) is 34.7 Å². The summed E-state index contributed by atoms with van der Waals surface area (Å²) in [4.78, 5) is 20.5. The molecule has 0 saturated carbocycles. The van der Waals surface area contributed by atoms with E-state index >= 15 is 0 Å². The number of pyridine rings is 1. The highest BCUT2D eigenvalue weighted by Gasteiger charge is 2.16. The predicted octanol–water partition coefficient (Wildman–Crippen LogP) is 4.99. The van der Waals surface area contributed by atoms with Crippen LogP contribution in [0.1, 0.15) is 24.2 Å². The molecule has 0 radical (unpaired) electrons. The first kappa shape index (κ1) is 18.9. The molecule has 4 nitrogen and oxygen atoms in total. The average Bonchev–Trinajstić information content (AvgIpc) is 2.60. The van der Waals surface area contributed by atoms with Crippen molar-refractivity contribution < 1.29 is 13.6 Å². The van der Waals surface area contributed by atoms with Gasteiger partial charge in [-0.05, 0) is 35.9 Å². The summed E-state index contributed by atoms with van der Waals surface area (Å²) < 4.78 is 27.8. The second-order valence-corrected chi connectivity index (χ2v) is 6.74. The molecule has 0 saturated heterocycles. The van der Waals surface area contributed by atoms with Crippen molar-refractivity contribution in [3.63, 3.8) is 0 Å². The van der Waals surface area contributed by atoms with Gasteiger partial charge in [0.1, 0.15) is 17.5 Å². The largest absolute Gasteiger partial charge is 0.387 e. The Labute approximate surface area is 159 Å². The molecule has 138 valence electrons. The summed E-state index contributed by atoms with van der Waals surface area (Å²) in [7, 11) is 0. The van der Waals surface area contributed by atoms with Gasteiger partial charge in [0.25, 0.3) is 5.91 Å². The first-order valence-corrected chi connectivity index (χ1v) is 8.57. The number of amidine groups is 1. The van der Waals surface area contributed by atoms with Gasteiger partial charge in [0.05, 0.1) is 10.5 Å². The van der Waals surface area contributed by atoms with Crippen LogP contribution >= 0.6 is 11.6 Å². The third-order valence-corrected chi connectivity index (χ3v) is 4.38. The Bertz CT molecular complexity index is 1060. The lowest BCUT2D eigenvalue weighted by atomic mass is 9.99. The summed E-state index contributed by atoms with van der Waals surface area (Å²) in [6.45, 7) is 3.65. The number of benzene rings is 2. The molecule has 1 heterocycles. The normalized spacial score (nSPS) is 12.0. The highest BCUT2D eigenvalue weighted by atomic mass is 35.5. The van der Waals surface area contributed by atoms with E-state index < -0.39 is 17.5 Å². The summed E-state index contributed by atoms with van der Waals surface area (Å²) >= 11 is 6.07. The van der Waals surface area contributed by atoms with Gasteiger partial charge < -0.3 is 5.73 Å². The lowest BCUT2D eigenvalue weighted by Gasteiger charge is -2.11. The standard InChI is InChI=1S/C20H16ClF2N3O/c1-10(2)19(24)26-20(27)11-3-4-17-14(7-11)13(5-6-25-17)18-15(21)8-12(22)9-16(18)23/h3-10H,1-2H3,(H2,24,26,27). The molecule has 3 aromatic rings. The van der Waals surface area contributed by atoms with Crippen molar-refractivity contribution in [2.24, 2.45) is 16.6 Å². The quantitative estimate of drug-likeness (QED) is 0.508. The zero-order valence-electron chi connectivity index (χ0n) is 14.6. The molecule has 0 bridgehead atoms. The fourth-order valence-electron chi connectivity index (χ4n) is 2.61. The number of amides is 1. The monoisotopic (exact) mass is 387 g/mol. The highest BCUT2D eigenvalue weighted by Crippen LogP contribution is 2.35. The smallest absolute Gasteiger partial charge is 0.278 e. The Kier molecular flexibility index (Phi) is 5.19. The fraction of sp³-hybridized carbons (Fsp3) is 0.150. The number of aliphatic imine (C=N–C) groups is 1. The number of hydrogen-bond acceptors (Lipinski definition) is 2. The minimum Gasteiger partial charge on any atom is -0.387 e. The molecular weight excluding hydrogens is 372 g/mol. The van der Waals surface area contributed by atoms with Crippen molar-refractivity contribution in [2.45, 2.75) is 13.8 Å². The number of aromatic nitrogens is 1. The Balaban J connectivity index is 2.19. The second kappa shape index (κ2) is 7.40. The maximum atomic E-state index is 14.4. The Morgan fingerprint density at radius 3 is 2.59 bits per heavy atom. The van der Waals surface area contributed by atoms with E-state index in [1.54, 1.807) is 24.3 Å². The van der Waals surface area contributed by atoms with Crippen molar-refractivity contribution in [3.8, 4) is 11.1 Å². The van der Waals surface area contributed by atoms with Gasteiger partial charge in [0.15, 0.2) is 0 Å². The van der Waals surface area contributed by atoms with Crippen molar-refractivity contribution in [2.75, 3.05) is 0 Å². The van der Waals surface area contributed by atoms with Crippen LogP contribution in [0.2, 0.25) is 5.02 Å². The van der Waals surface area contributed by atoms with Crippen LogP contribution in [0.25, 0.3) is 22.0 Å². The molecule has 0 aliphatic carbocycles. The van der Waals surface area contributed by atoms with E-state index in [1.807, 2.05) is 13.8 Å². The van der Waals surface area contributed by atoms with E-state index in [-0.39, 0.29) is 27.9 Å². The number of carbonyl (C=O) groups excluding carboxylic acids is 1. The maximum absolute atomic E-state index is 14.4. The van der Waals surface area contributed by atoms with Crippen LogP contribution in [0.15, 0.2) is 47.6 Å². The number of fused-ring (bicyclic) bond motifs is 1. The third-order valence-electron chi connectivity index (χ3n) is 4.09. The van der Waals surface area contributed by atoms with E-state index in [1.165, 1.54) is 6.20 Å². The van der Waals surface area contributed by atoms with E-state index in [2.05, 4.69) is 9.98 Å². The molecule has 3 rings (SSSR count). The number of nitrogens with two attached hydrogens (primary N) is 1. The zero-order chi connectivity index (χ0) is 19.7. The maximum Gasteiger partial charge on any atom is 0.278 e. The zero-order valence-corrected chi connectivity index (χ0v) is 15.4. The first-order valence-electron chi connectivity index (χ1n) is 8.20. The Hall–Kier alpha value is -2.86. The summed E-state index contributed by atoms with van der Waals surface area (Å²) in [5, 5.41) is 0.424. The molecule has 1 aromatic heterocycles. The van der Waals surface area contributed by atoms with Crippen LogP contribution in [-0.4, -0.2) is 16.7 Å². The third kappa shape index (κ3) is 3.80. The molecule has 7 heteroatoms. The van der Waals surface area contributed by atoms with Gasteiger partial charge >= 0.3 is 0 Å². The molecule has 0 unspecified atom stereocenters. The topological polar surface area (TPSA) is 68.3 Å². The molecule has 2 aromatic carbocycles. The van der Waals surface area contributed by atoms with E-state index in [0.29, 0.717) is 16.5 Å². The number of nitrogens with zero attached hydrogens (tertiary/aromatic N) is 2. The summed E-state index contributed by atoms with van der Waals surface area (Å²) in [5.74, 6) is -1.93. The van der Waals surface area contributed by atoms with Crippen LogP contribution in [0.3, 0.4) is 0 Å². The minimum atomic E-state index is -0.800. The fourth-order valence-corrected chi connectivity index (χ4v) is 2.90. The van der Waals surface area contributed by atoms with Crippen LogP contribution < -0.4 is 5.73 Å².